The maximum Gasteiger partial charge on any atom is 0.0664 e. The van der Waals surface area contributed by atoms with Crippen molar-refractivity contribution >= 4 is 11.4 Å². The highest BCUT2D eigenvalue weighted by Crippen LogP contribution is 2.13. The minimum atomic E-state index is 0.378. The summed E-state index contributed by atoms with van der Waals surface area (Å²) in [6.45, 7) is 2.91. The van der Waals surface area contributed by atoms with Crippen LogP contribution >= 0.6 is 0 Å². The lowest BCUT2D eigenvalue weighted by molar-refractivity contribution is 0.182. The summed E-state index contributed by atoms with van der Waals surface area (Å²) in [5.74, 6) is 0. The first-order valence-corrected chi connectivity index (χ1v) is 5.37. The Morgan fingerprint density at radius 1 is 1.33 bits per heavy atom. The largest absolute Gasteiger partial charge is 0.399 e. The zero-order valence-electron chi connectivity index (χ0n) is 9.49. The number of hydrogen-bond acceptors (Lipinski definition) is 3. The van der Waals surface area contributed by atoms with Gasteiger partial charge >= 0.3 is 0 Å². The molecular formula is C12H20N2O. The molecule has 0 aliphatic heterocycles. The third-order valence-electron chi connectivity index (χ3n) is 2.29. The molecule has 3 nitrogen and oxygen atoms in total. The lowest BCUT2D eigenvalue weighted by Gasteiger charge is -2.18. The molecule has 0 aliphatic carbocycles. The highest BCUT2D eigenvalue weighted by atomic mass is 16.5. The Morgan fingerprint density at radius 2 is 2.00 bits per heavy atom. The van der Waals surface area contributed by atoms with Crippen molar-refractivity contribution in [3.63, 3.8) is 0 Å². The van der Waals surface area contributed by atoms with Gasteiger partial charge < -0.3 is 15.8 Å². The predicted molar refractivity (Wildman–Crippen MR) is 65.0 cm³/mol. The average Bonchev–Trinajstić information content (AvgIpc) is 2.22. The Hall–Kier alpha value is -1.22. The molecule has 0 bridgehead atoms. The zero-order chi connectivity index (χ0) is 11.1. The molecule has 0 heterocycles. The van der Waals surface area contributed by atoms with Crippen LogP contribution in [-0.2, 0) is 4.74 Å². The Kier molecular flexibility index (Phi) is 4.98. The van der Waals surface area contributed by atoms with Crippen LogP contribution in [0.1, 0.15) is 19.8 Å². The maximum atomic E-state index is 5.62. The van der Waals surface area contributed by atoms with Gasteiger partial charge in [0.05, 0.1) is 6.61 Å². The summed E-state index contributed by atoms with van der Waals surface area (Å²) in [7, 11) is 1.73. The van der Waals surface area contributed by atoms with Crippen molar-refractivity contribution in [1.29, 1.82) is 0 Å². The fourth-order valence-corrected chi connectivity index (χ4v) is 1.56. The third-order valence-corrected chi connectivity index (χ3v) is 2.29. The Balaban J connectivity index is 2.53. The van der Waals surface area contributed by atoms with E-state index >= 15 is 0 Å². The van der Waals surface area contributed by atoms with Crippen LogP contribution in [0.2, 0.25) is 0 Å². The molecule has 1 atom stereocenters. The highest BCUT2D eigenvalue weighted by Gasteiger charge is 2.06. The molecule has 0 saturated carbocycles. The van der Waals surface area contributed by atoms with Crippen molar-refractivity contribution in [3.8, 4) is 0 Å². The van der Waals surface area contributed by atoms with Gasteiger partial charge in [0.15, 0.2) is 0 Å². The summed E-state index contributed by atoms with van der Waals surface area (Å²) in [4.78, 5) is 0. The fraction of sp³-hybridized carbons (Fsp3) is 0.500. The lowest BCUT2D eigenvalue weighted by atomic mass is 10.1. The first kappa shape index (κ1) is 11.9. The van der Waals surface area contributed by atoms with Gasteiger partial charge in [-0.05, 0) is 30.7 Å². The van der Waals surface area contributed by atoms with Gasteiger partial charge in [-0.25, -0.2) is 0 Å². The number of benzene rings is 1. The van der Waals surface area contributed by atoms with E-state index in [9.17, 15) is 0 Å². The first-order chi connectivity index (χ1) is 7.26. The second-order valence-electron chi connectivity index (χ2n) is 3.71. The van der Waals surface area contributed by atoms with E-state index in [1.807, 2.05) is 24.3 Å². The van der Waals surface area contributed by atoms with Gasteiger partial charge in [0.2, 0.25) is 0 Å². The summed E-state index contributed by atoms with van der Waals surface area (Å²) >= 11 is 0. The molecule has 0 fully saturated rings. The maximum absolute atomic E-state index is 5.62. The van der Waals surface area contributed by atoms with Crippen molar-refractivity contribution in [3.05, 3.63) is 24.3 Å². The van der Waals surface area contributed by atoms with Crippen molar-refractivity contribution < 1.29 is 4.74 Å². The summed E-state index contributed by atoms with van der Waals surface area (Å²) in [5, 5.41) is 3.43. The molecule has 0 radical (unpaired) electrons. The second kappa shape index (κ2) is 6.30. The molecule has 84 valence electrons. The minimum Gasteiger partial charge on any atom is -0.399 e. The number of nitrogens with two attached hydrogens (primary N) is 1. The van der Waals surface area contributed by atoms with Crippen LogP contribution < -0.4 is 11.1 Å². The fourth-order valence-electron chi connectivity index (χ4n) is 1.56. The molecular weight excluding hydrogens is 188 g/mol. The second-order valence-corrected chi connectivity index (χ2v) is 3.71. The van der Waals surface area contributed by atoms with Crippen LogP contribution in [0.5, 0.6) is 0 Å². The van der Waals surface area contributed by atoms with Gasteiger partial charge in [0.1, 0.15) is 0 Å². The van der Waals surface area contributed by atoms with Gasteiger partial charge in [-0.2, -0.15) is 0 Å². The molecule has 0 amide bonds. The normalized spacial score (nSPS) is 12.4. The van der Waals surface area contributed by atoms with Crippen LogP contribution in [0.4, 0.5) is 11.4 Å². The summed E-state index contributed by atoms with van der Waals surface area (Å²) in [6, 6.07) is 8.17. The van der Waals surface area contributed by atoms with Crippen LogP contribution in [0.25, 0.3) is 0 Å². The van der Waals surface area contributed by atoms with E-state index in [4.69, 9.17) is 10.5 Å². The predicted octanol–water partition coefficient (Wildman–Crippen LogP) is 2.50. The molecule has 0 saturated heterocycles. The first-order valence-electron chi connectivity index (χ1n) is 5.37. The number of anilines is 2. The highest BCUT2D eigenvalue weighted by molar-refractivity contribution is 5.51. The monoisotopic (exact) mass is 208 g/mol. The Morgan fingerprint density at radius 3 is 2.53 bits per heavy atom. The molecule has 1 rings (SSSR count). The molecule has 15 heavy (non-hydrogen) atoms. The molecule has 1 unspecified atom stereocenters. The van der Waals surface area contributed by atoms with Crippen LogP contribution in [0.15, 0.2) is 24.3 Å². The third kappa shape index (κ3) is 4.21. The van der Waals surface area contributed by atoms with Crippen LogP contribution in [0.3, 0.4) is 0 Å². The summed E-state index contributed by atoms with van der Waals surface area (Å²) < 4.78 is 5.17. The number of nitrogens with one attached hydrogen (secondary N) is 1. The number of methoxy groups -OCH3 is 1. The standard InChI is InChI=1S/C12H20N2O/c1-3-4-12(9-15-2)14-11-7-5-10(13)6-8-11/h5-8,12,14H,3-4,9,13H2,1-2H3. The SMILES string of the molecule is CCCC(COC)Nc1ccc(N)cc1. The van der Waals surface area contributed by atoms with E-state index in [2.05, 4.69) is 12.2 Å². The van der Waals surface area contributed by atoms with Crippen molar-refractivity contribution in [2.24, 2.45) is 0 Å². The minimum absolute atomic E-state index is 0.378. The smallest absolute Gasteiger partial charge is 0.0664 e. The molecule has 3 N–H and O–H groups in total. The molecule has 3 heteroatoms. The van der Waals surface area contributed by atoms with E-state index < -0.39 is 0 Å². The van der Waals surface area contributed by atoms with Gasteiger partial charge in [-0.3, -0.25) is 0 Å². The van der Waals surface area contributed by atoms with E-state index in [0.29, 0.717) is 6.04 Å². The van der Waals surface area contributed by atoms with E-state index in [0.717, 1.165) is 30.8 Å². The van der Waals surface area contributed by atoms with E-state index in [1.54, 1.807) is 7.11 Å². The number of ether oxygens (including phenoxy) is 1. The molecule has 0 aliphatic rings. The number of nitrogen functional groups attached to an aromatic ring is 1. The summed E-state index contributed by atoms with van der Waals surface area (Å²) in [6.07, 6.45) is 2.26. The molecule has 1 aromatic rings. The van der Waals surface area contributed by atoms with Crippen molar-refractivity contribution in [2.75, 3.05) is 24.8 Å². The van der Waals surface area contributed by atoms with Crippen LogP contribution in [0, 0.1) is 0 Å². The molecule has 1 aromatic carbocycles. The van der Waals surface area contributed by atoms with E-state index in [-0.39, 0.29) is 0 Å². The topological polar surface area (TPSA) is 47.3 Å². The average molecular weight is 208 g/mol. The van der Waals surface area contributed by atoms with Gasteiger partial charge in [0, 0.05) is 24.5 Å². The summed E-state index contributed by atoms with van der Waals surface area (Å²) in [5.41, 5.74) is 7.51. The van der Waals surface area contributed by atoms with Gasteiger partial charge in [0.25, 0.3) is 0 Å². The number of rotatable bonds is 6. The van der Waals surface area contributed by atoms with Crippen molar-refractivity contribution in [1.82, 2.24) is 0 Å². The quantitative estimate of drug-likeness (QED) is 0.706. The number of hydrogen-bond donors (Lipinski definition) is 2. The van der Waals surface area contributed by atoms with Gasteiger partial charge in [-0.15, -0.1) is 0 Å². The van der Waals surface area contributed by atoms with E-state index in [1.165, 1.54) is 0 Å². The Labute approximate surface area is 91.6 Å². The zero-order valence-corrected chi connectivity index (χ0v) is 9.49. The van der Waals surface area contributed by atoms with Crippen molar-refractivity contribution in [2.45, 2.75) is 25.8 Å². The van der Waals surface area contributed by atoms with Gasteiger partial charge in [-0.1, -0.05) is 13.3 Å². The Bertz CT molecular complexity index is 265. The van der Waals surface area contributed by atoms with Crippen LogP contribution in [-0.4, -0.2) is 19.8 Å². The molecule has 0 aromatic heterocycles. The molecule has 0 spiro atoms. The lowest BCUT2D eigenvalue weighted by Crippen LogP contribution is -2.24.